The van der Waals surface area contributed by atoms with Gasteiger partial charge in [0.2, 0.25) is 0 Å². The standard InChI is InChI=1S/C9H12N2O3S/c1-3-14-7(12)4-6-5-10-9(15-2)11-8(6)13/h5-6H,3-4H2,1-2H3. The summed E-state index contributed by atoms with van der Waals surface area (Å²) in [6.07, 6.45) is 3.26. The number of amidine groups is 1. The Morgan fingerprint density at radius 3 is 2.93 bits per heavy atom. The van der Waals surface area contributed by atoms with Crippen LogP contribution in [0.15, 0.2) is 9.98 Å². The Morgan fingerprint density at radius 1 is 1.67 bits per heavy atom. The largest absolute Gasteiger partial charge is 0.466 e. The average Bonchev–Trinajstić information content (AvgIpc) is 2.21. The van der Waals surface area contributed by atoms with E-state index in [1.54, 1.807) is 13.2 Å². The minimum atomic E-state index is -0.569. The van der Waals surface area contributed by atoms with Gasteiger partial charge in [-0.05, 0) is 13.2 Å². The van der Waals surface area contributed by atoms with E-state index in [-0.39, 0.29) is 12.3 Å². The Kier molecular flexibility index (Phi) is 4.48. The molecule has 0 bridgehead atoms. The van der Waals surface area contributed by atoms with Crippen molar-refractivity contribution >= 4 is 35.0 Å². The number of thioether (sulfide) groups is 1. The van der Waals surface area contributed by atoms with Crippen molar-refractivity contribution in [1.82, 2.24) is 0 Å². The lowest BCUT2D eigenvalue weighted by Gasteiger charge is -2.11. The Bertz CT molecular complexity index is 325. The molecule has 0 aliphatic carbocycles. The number of amides is 1. The number of carbonyl (C=O) groups excluding carboxylic acids is 2. The lowest BCUT2D eigenvalue weighted by molar-refractivity contribution is -0.145. The number of carbonyl (C=O) groups is 2. The van der Waals surface area contributed by atoms with Crippen molar-refractivity contribution in [2.45, 2.75) is 13.3 Å². The molecule has 1 atom stereocenters. The van der Waals surface area contributed by atoms with Crippen molar-refractivity contribution in [2.24, 2.45) is 15.9 Å². The van der Waals surface area contributed by atoms with E-state index in [1.165, 1.54) is 18.0 Å². The van der Waals surface area contributed by atoms with Crippen molar-refractivity contribution in [2.75, 3.05) is 12.9 Å². The molecule has 0 saturated carbocycles. The maximum Gasteiger partial charge on any atom is 0.306 e. The zero-order valence-corrected chi connectivity index (χ0v) is 9.41. The SMILES string of the molecule is CCOC(=O)CC1C=NC(SC)=NC1=O. The van der Waals surface area contributed by atoms with Gasteiger partial charge in [-0.25, -0.2) is 4.99 Å². The minimum absolute atomic E-state index is 0.0152. The van der Waals surface area contributed by atoms with Gasteiger partial charge in [0.25, 0.3) is 5.91 Å². The normalized spacial score (nSPS) is 20.0. The summed E-state index contributed by atoms with van der Waals surface area (Å²) in [7, 11) is 0. The van der Waals surface area contributed by atoms with E-state index in [9.17, 15) is 9.59 Å². The van der Waals surface area contributed by atoms with Gasteiger partial charge >= 0.3 is 5.97 Å². The van der Waals surface area contributed by atoms with E-state index in [4.69, 9.17) is 4.74 Å². The van der Waals surface area contributed by atoms with Gasteiger partial charge in [-0.1, -0.05) is 11.8 Å². The van der Waals surface area contributed by atoms with Crippen LogP contribution in [0.4, 0.5) is 0 Å². The van der Waals surface area contributed by atoms with Gasteiger partial charge < -0.3 is 4.74 Å². The minimum Gasteiger partial charge on any atom is -0.466 e. The predicted octanol–water partition coefficient (Wildman–Crippen LogP) is 0.886. The molecule has 0 N–H and O–H groups in total. The van der Waals surface area contributed by atoms with Gasteiger partial charge in [-0.2, -0.15) is 4.99 Å². The highest BCUT2D eigenvalue weighted by atomic mass is 32.2. The molecule has 0 aromatic rings. The first-order valence-corrected chi connectivity index (χ1v) is 5.76. The second-order valence-corrected chi connectivity index (χ2v) is 3.60. The fourth-order valence-electron chi connectivity index (χ4n) is 1.06. The van der Waals surface area contributed by atoms with E-state index in [1.807, 2.05) is 0 Å². The fraction of sp³-hybridized carbons (Fsp3) is 0.556. The Hall–Kier alpha value is -1.17. The molecule has 1 amide bonds. The molecule has 1 aliphatic heterocycles. The summed E-state index contributed by atoms with van der Waals surface area (Å²) in [5.41, 5.74) is 0. The topological polar surface area (TPSA) is 68.1 Å². The zero-order chi connectivity index (χ0) is 11.3. The summed E-state index contributed by atoms with van der Waals surface area (Å²) >= 11 is 1.30. The average molecular weight is 228 g/mol. The maximum atomic E-state index is 11.4. The monoisotopic (exact) mass is 228 g/mol. The third-order valence-electron chi connectivity index (χ3n) is 1.76. The molecule has 0 aromatic heterocycles. The molecule has 1 rings (SSSR count). The third-order valence-corrected chi connectivity index (χ3v) is 2.32. The first-order valence-electron chi connectivity index (χ1n) is 4.53. The molecule has 1 unspecified atom stereocenters. The highest BCUT2D eigenvalue weighted by molar-refractivity contribution is 8.13. The lowest BCUT2D eigenvalue weighted by Crippen LogP contribution is -2.23. The van der Waals surface area contributed by atoms with Crippen LogP contribution >= 0.6 is 11.8 Å². The van der Waals surface area contributed by atoms with Gasteiger partial charge in [0.1, 0.15) is 0 Å². The smallest absolute Gasteiger partial charge is 0.306 e. The third kappa shape index (κ3) is 3.47. The molecule has 82 valence electrons. The van der Waals surface area contributed by atoms with E-state index in [0.29, 0.717) is 11.8 Å². The van der Waals surface area contributed by atoms with Crippen LogP contribution in [0.1, 0.15) is 13.3 Å². The summed E-state index contributed by atoms with van der Waals surface area (Å²) < 4.78 is 4.74. The number of nitrogens with zero attached hydrogens (tertiary/aromatic N) is 2. The number of rotatable bonds is 3. The van der Waals surface area contributed by atoms with Crippen LogP contribution in [-0.4, -0.2) is 36.1 Å². The second-order valence-electron chi connectivity index (χ2n) is 2.83. The molecule has 0 saturated heterocycles. The number of aliphatic imine (C=N–C) groups is 2. The molecule has 0 radical (unpaired) electrons. The Balaban J connectivity index is 2.54. The predicted molar refractivity (Wildman–Crippen MR) is 59.2 cm³/mol. The Morgan fingerprint density at radius 2 is 2.40 bits per heavy atom. The molecule has 1 heterocycles. The highest BCUT2D eigenvalue weighted by Crippen LogP contribution is 2.13. The fourth-order valence-corrected chi connectivity index (χ4v) is 1.41. The number of hydrogen-bond acceptors (Lipinski definition) is 5. The van der Waals surface area contributed by atoms with Crippen LogP contribution in [0.5, 0.6) is 0 Å². The van der Waals surface area contributed by atoms with E-state index >= 15 is 0 Å². The highest BCUT2D eigenvalue weighted by Gasteiger charge is 2.23. The lowest BCUT2D eigenvalue weighted by atomic mass is 10.1. The molecule has 15 heavy (non-hydrogen) atoms. The number of ether oxygens (including phenoxy) is 1. The van der Waals surface area contributed by atoms with E-state index in [2.05, 4.69) is 9.98 Å². The summed E-state index contributed by atoms with van der Waals surface area (Å²) in [5, 5.41) is 0.431. The molecule has 1 aliphatic rings. The molecule has 6 heteroatoms. The quantitative estimate of drug-likeness (QED) is 0.673. The molecular formula is C9H12N2O3S. The summed E-state index contributed by atoms with van der Waals surface area (Å²) in [5.74, 6) is -1.30. The van der Waals surface area contributed by atoms with Crippen molar-refractivity contribution in [3.8, 4) is 0 Å². The van der Waals surface area contributed by atoms with Crippen LogP contribution in [0.2, 0.25) is 0 Å². The van der Waals surface area contributed by atoms with Gasteiger partial charge in [-0.3, -0.25) is 9.59 Å². The van der Waals surface area contributed by atoms with Gasteiger partial charge in [0, 0.05) is 6.21 Å². The van der Waals surface area contributed by atoms with Crippen molar-refractivity contribution in [3.63, 3.8) is 0 Å². The summed E-state index contributed by atoms with van der Waals surface area (Å²) in [4.78, 5) is 30.2. The molecule has 5 nitrogen and oxygen atoms in total. The van der Waals surface area contributed by atoms with Crippen molar-refractivity contribution < 1.29 is 14.3 Å². The zero-order valence-electron chi connectivity index (χ0n) is 8.60. The summed E-state index contributed by atoms with van der Waals surface area (Å²) in [6.45, 7) is 2.04. The first-order chi connectivity index (χ1) is 7.17. The van der Waals surface area contributed by atoms with Crippen LogP contribution < -0.4 is 0 Å². The maximum absolute atomic E-state index is 11.4. The van der Waals surface area contributed by atoms with Crippen LogP contribution in [-0.2, 0) is 14.3 Å². The number of hydrogen-bond donors (Lipinski definition) is 0. The first kappa shape index (κ1) is 11.9. The summed E-state index contributed by atoms with van der Waals surface area (Å²) in [6, 6.07) is 0. The molecule has 0 fully saturated rings. The van der Waals surface area contributed by atoms with E-state index < -0.39 is 11.9 Å². The van der Waals surface area contributed by atoms with Crippen LogP contribution in [0.3, 0.4) is 0 Å². The van der Waals surface area contributed by atoms with Gasteiger partial charge in [0.15, 0.2) is 5.17 Å². The van der Waals surface area contributed by atoms with Crippen LogP contribution in [0, 0.1) is 5.92 Å². The van der Waals surface area contributed by atoms with Gasteiger partial charge in [0.05, 0.1) is 18.9 Å². The second kappa shape index (κ2) is 5.65. The molecular weight excluding hydrogens is 216 g/mol. The molecule has 0 aromatic carbocycles. The Labute approximate surface area is 92.0 Å². The molecule has 0 spiro atoms. The van der Waals surface area contributed by atoms with Crippen molar-refractivity contribution in [1.29, 1.82) is 0 Å². The number of esters is 1. The van der Waals surface area contributed by atoms with Crippen LogP contribution in [0.25, 0.3) is 0 Å². The van der Waals surface area contributed by atoms with Crippen molar-refractivity contribution in [3.05, 3.63) is 0 Å². The van der Waals surface area contributed by atoms with Gasteiger partial charge in [-0.15, -0.1) is 0 Å². The van der Waals surface area contributed by atoms with E-state index in [0.717, 1.165) is 0 Å².